The van der Waals surface area contributed by atoms with E-state index in [2.05, 4.69) is 5.32 Å². The normalized spacial score (nSPS) is 10.9. The van der Waals surface area contributed by atoms with Gasteiger partial charge in [0.1, 0.15) is 13.0 Å². The Hall–Kier alpha value is -2.58. The first-order valence-corrected chi connectivity index (χ1v) is 6.10. The molecule has 0 aliphatic carbocycles. The molecule has 120 valence electrons. The van der Waals surface area contributed by atoms with Gasteiger partial charge in [0.05, 0.1) is 6.42 Å². The van der Waals surface area contributed by atoms with Crippen molar-refractivity contribution >= 4 is 23.5 Å². The van der Waals surface area contributed by atoms with Gasteiger partial charge in [-0.15, -0.1) is 0 Å². The highest BCUT2D eigenvalue weighted by Gasteiger charge is 2.28. The van der Waals surface area contributed by atoms with Crippen LogP contribution in [0.4, 0.5) is 18.9 Å². The van der Waals surface area contributed by atoms with Crippen molar-refractivity contribution in [3.8, 4) is 0 Å². The van der Waals surface area contributed by atoms with Crippen molar-refractivity contribution in [1.82, 2.24) is 5.32 Å². The molecule has 0 unspecified atom stereocenters. The minimum atomic E-state index is -4.56. The number of carboxylic acid groups (broad SMARTS) is 1. The highest BCUT2D eigenvalue weighted by molar-refractivity contribution is 6.04. The fourth-order valence-corrected chi connectivity index (χ4v) is 1.56. The number of rotatable bonds is 6. The number of halogens is 3. The molecular weight excluding hydrogens is 305 g/mol. The standard InChI is InChI=1S/C13H13F3N2O4/c14-13(15,16)7-17-10(19)6-11(20)18-9-4-2-1-3-8(9)5-12(21)22/h1-4H,5-7H2,(H,17,19)(H,18,20)(H,21,22). The van der Waals surface area contributed by atoms with Crippen LogP contribution >= 0.6 is 0 Å². The first-order chi connectivity index (χ1) is 10.2. The minimum Gasteiger partial charge on any atom is -0.481 e. The van der Waals surface area contributed by atoms with Gasteiger partial charge in [-0.1, -0.05) is 18.2 Å². The van der Waals surface area contributed by atoms with E-state index in [-0.39, 0.29) is 12.1 Å². The molecule has 1 aromatic carbocycles. The number of hydrogen-bond donors (Lipinski definition) is 3. The molecule has 1 aromatic rings. The van der Waals surface area contributed by atoms with Crippen LogP contribution in [0.15, 0.2) is 24.3 Å². The van der Waals surface area contributed by atoms with Crippen molar-refractivity contribution in [2.75, 3.05) is 11.9 Å². The summed E-state index contributed by atoms with van der Waals surface area (Å²) >= 11 is 0. The molecule has 0 atom stereocenters. The quantitative estimate of drug-likeness (QED) is 0.689. The number of carbonyl (C=O) groups excluding carboxylic acids is 2. The number of aliphatic carboxylic acids is 1. The Bertz CT molecular complexity index is 573. The maximum atomic E-state index is 11.9. The molecule has 22 heavy (non-hydrogen) atoms. The van der Waals surface area contributed by atoms with Crippen molar-refractivity contribution in [2.45, 2.75) is 19.0 Å². The summed E-state index contributed by atoms with van der Waals surface area (Å²) in [5.41, 5.74) is 0.512. The van der Waals surface area contributed by atoms with Crippen LogP contribution in [0.1, 0.15) is 12.0 Å². The van der Waals surface area contributed by atoms with Crippen LogP contribution in [0, 0.1) is 0 Å². The fourth-order valence-electron chi connectivity index (χ4n) is 1.56. The molecule has 0 spiro atoms. The van der Waals surface area contributed by atoms with E-state index >= 15 is 0 Å². The Morgan fingerprint density at radius 1 is 1.09 bits per heavy atom. The molecule has 9 heteroatoms. The van der Waals surface area contributed by atoms with Gasteiger partial charge in [-0.25, -0.2) is 0 Å². The van der Waals surface area contributed by atoms with Crippen LogP contribution in [0.5, 0.6) is 0 Å². The van der Waals surface area contributed by atoms with Gasteiger partial charge >= 0.3 is 12.1 Å². The maximum Gasteiger partial charge on any atom is 0.405 e. The second-order valence-electron chi connectivity index (χ2n) is 4.34. The lowest BCUT2D eigenvalue weighted by atomic mass is 10.1. The topological polar surface area (TPSA) is 95.5 Å². The third kappa shape index (κ3) is 6.73. The number of para-hydroxylation sites is 1. The second-order valence-corrected chi connectivity index (χ2v) is 4.34. The van der Waals surface area contributed by atoms with Gasteiger partial charge in [0, 0.05) is 5.69 Å². The molecule has 0 aliphatic rings. The predicted molar refractivity (Wildman–Crippen MR) is 70.1 cm³/mol. The van der Waals surface area contributed by atoms with Gasteiger partial charge in [-0.3, -0.25) is 14.4 Å². The average Bonchev–Trinajstić information content (AvgIpc) is 2.37. The van der Waals surface area contributed by atoms with E-state index in [1.54, 1.807) is 17.4 Å². The number of nitrogens with one attached hydrogen (secondary N) is 2. The van der Waals surface area contributed by atoms with Crippen LogP contribution in [0.3, 0.4) is 0 Å². The van der Waals surface area contributed by atoms with Crippen molar-refractivity contribution in [1.29, 1.82) is 0 Å². The molecule has 0 saturated heterocycles. The fraction of sp³-hybridized carbons (Fsp3) is 0.308. The number of hydrogen-bond acceptors (Lipinski definition) is 3. The second kappa shape index (κ2) is 7.43. The Morgan fingerprint density at radius 2 is 1.73 bits per heavy atom. The van der Waals surface area contributed by atoms with E-state index in [9.17, 15) is 27.6 Å². The first-order valence-electron chi connectivity index (χ1n) is 6.10. The van der Waals surface area contributed by atoms with Crippen molar-refractivity contribution in [3.63, 3.8) is 0 Å². The number of amides is 2. The zero-order valence-electron chi connectivity index (χ0n) is 11.2. The predicted octanol–water partition coefficient (Wildman–Crippen LogP) is 1.32. The van der Waals surface area contributed by atoms with E-state index < -0.39 is 36.9 Å². The molecule has 3 N–H and O–H groups in total. The lowest BCUT2D eigenvalue weighted by Gasteiger charge is -2.10. The smallest absolute Gasteiger partial charge is 0.405 e. The van der Waals surface area contributed by atoms with Crippen molar-refractivity contribution in [3.05, 3.63) is 29.8 Å². The Balaban J connectivity index is 2.58. The molecule has 0 aromatic heterocycles. The highest BCUT2D eigenvalue weighted by Crippen LogP contribution is 2.16. The van der Waals surface area contributed by atoms with Gasteiger partial charge in [0.2, 0.25) is 11.8 Å². The summed E-state index contributed by atoms with van der Waals surface area (Å²) in [4.78, 5) is 33.5. The summed E-state index contributed by atoms with van der Waals surface area (Å²) < 4.78 is 35.7. The first kappa shape index (κ1) is 17.5. The molecule has 0 fully saturated rings. The van der Waals surface area contributed by atoms with Crippen LogP contribution < -0.4 is 10.6 Å². The summed E-state index contributed by atoms with van der Waals surface area (Å²) in [6.45, 7) is -1.52. The third-order valence-corrected chi connectivity index (χ3v) is 2.44. The van der Waals surface area contributed by atoms with Crippen LogP contribution in [0.2, 0.25) is 0 Å². The van der Waals surface area contributed by atoms with E-state index in [1.807, 2.05) is 0 Å². The molecular formula is C13H13F3N2O4. The number of alkyl halides is 3. The van der Waals surface area contributed by atoms with E-state index in [1.165, 1.54) is 12.1 Å². The largest absolute Gasteiger partial charge is 0.481 e. The van der Waals surface area contributed by atoms with Gasteiger partial charge in [0.15, 0.2) is 0 Å². The summed E-state index contributed by atoms with van der Waals surface area (Å²) in [5.74, 6) is -3.02. The zero-order chi connectivity index (χ0) is 16.8. The number of benzene rings is 1. The van der Waals surface area contributed by atoms with Crippen LogP contribution in [-0.2, 0) is 20.8 Å². The Kier molecular flexibility index (Phi) is 5.90. The molecule has 6 nitrogen and oxygen atoms in total. The van der Waals surface area contributed by atoms with E-state index in [0.717, 1.165) is 0 Å². The van der Waals surface area contributed by atoms with Gasteiger partial charge < -0.3 is 15.7 Å². The monoisotopic (exact) mass is 318 g/mol. The summed E-state index contributed by atoms with van der Waals surface area (Å²) in [6.07, 6.45) is -5.69. The van der Waals surface area contributed by atoms with Gasteiger partial charge in [-0.2, -0.15) is 13.2 Å². The average molecular weight is 318 g/mol. The number of carboxylic acids is 1. The van der Waals surface area contributed by atoms with Gasteiger partial charge in [0.25, 0.3) is 0 Å². The molecule has 0 bridgehead atoms. The lowest BCUT2D eigenvalue weighted by molar-refractivity contribution is -0.140. The van der Waals surface area contributed by atoms with Crippen molar-refractivity contribution in [2.24, 2.45) is 0 Å². The highest BCUT2D eigenvalue weighted by atomic mass is 19.4. The molecule has 0 aliphatic heterocycles. The van der Waals surface area contributed by atoms with Crippen LogP contribution in [0.25, 0.3) is 0 Å². The van der Waals surface area contributed by atoms with E-state index in [0.29, 0.717) is 5.56 Å². The third-order valence-electron chi connectivity index (χ3n) is 2.44. The molecule has 0 radical (unpaired) electrons. The SMILES string of the molecule is O=C(O)Cc1ccccc1NC(=O)CC(=O)NCC(F)(F)F. The summed E-state index contributed by atoms with van der Waals surface area (Å²) in [6, 6.07) is 6.03. The number of carbonyl (C=O) groups is 3. The lowest BCUT2D eigenvalue weighted by Crippen LogP contribution is -2.35. The molecule has 1 rings (SSSR count). The summed E-state index contributed by atoms with van der Waals surface area (Å²) in [5, 5.41) is 12.6. The van der Waals surface area contributed by atoms with Crippen molar-refractivity contribution < 1.29 is 32.7 Å². The molecule has 2 amide bonds. The summed E-state index contributed by atoms with van der Waals surface area (Å²) in [7, 11) is 0. The zero-order valence-corrected chi connectivity index (χ0v) is 11.2. The Labute approximate surface area is 123 Å². The Morgan fingerprint density at radius 3 is 2.32 bits per heavy atom. The molecule has 0 heterocycles. The van der Waals surface area contributed by atoms with Crippen LogP contribution in [-0.4, -0.2) is 35.6 Å². The van der Waals surface area contributed by atoms with E-state index in [4.69, 9.17) is 5.11 Å². The molecule has 0 saturated carbocycles. The minimum absolute atomic E-state index is 0.193. The van der Waals surface area contributed by atoms with Gasteiger partial charge in [-0.05, 0) is 11.6 Å². The number of anilines is 1. The maximum absolute atomic E-state index is 11.9.